The number of pyridine rings is 1. The second-order valence-electron chi connectivity index (χ2n) is 8.63. The summed E-state index contributed by atoms with van der Waals surface area (Å²) in [7, 11) is 0. The zero-order chi connectivity index (χ0) is 26.1. The van der Waals surface area contributed by atoms with Gasteiger partial charge in [-0.25, -0.2) is 28.7 Å². The van der Waals surface area contributed by atoms with Crippen LogP contribution in [0.5, 0.6) is 0 Å². The number of benzene rings is 1. The number of nitrogens with two attached hydrogens (primary N) is 1. The fraction of sp³-hybridized carbons (Fsp3) is 0.222. The minimum absolute atomic E-state index is 0.160. The van der Waals surface area contributed by atoms with Gasteiger partial charge >= 0.3 is 0 Å². The Bertz CT molecular complexity index is 1550. The second-order valence-corrected chi connectivity index (χ2v) is 8.63. The van der Waals surface area contributed by atoms with Crippen molar-refractivity contribution in [2.45, 2.75) is 33.4 Å². The largest absolute Gasteiger partial charge is 0.384 e. The lowest BCUT2D eigenvalue weighted by molar-refractivity contribution is 0.0696. The van der Waals surface area contributed by atoms with Gasteiger partial charge in [0.1, 0.15) is 35.2 Å². The van der Waals surface area contributed by atoms with Gasteiger partial charge < -0.3 is 15.2 Å². The first-order valence-electron chi connectivity index (χ1n) is 11.7. The maximum absolute atomic E-state index is 15.3. The van der Waals surface area contributed by atoms with E-state index >= 15 is 8.78 Å². The Morgan fingerprint density at radius 3 is 2.54 bits per heavy atom. The Morgan fingerprint density at radius 2 is 1.84 bits per heavy atom. The van der Waals surface area contributed by atoms with Crippen molar-refractivity contribution in [2.24, 2.45) is 0 Å². The number of nitrogen functional groups attached to an aromatic ring is 1. The summed E-state index contributed by atoms with van der Waals surface area (Å²) in [5, 5.41) is 0. The van der Waals surface area contributed by atoms with Gasteiger partial charge in [-0.15, -0.1) is 0 Å². The molecule has 2 N–H and O–H groups in total. The summed E-state index contributed by atoms with van der Waals surface area (Å²) >= 11 is 0. The minimum atomic E-state index is -0.969. The van der Waals surface area contributed by atoms with E-state index in [2.05, 4.69) is 31.8 Å². The van der Waals surface area contributed by atoms with E-state index < -0.39 is 23.1 Å². The fourth-order valence-corrected chi connectivity index (χ4v) is 4.31. The molecule has 0 aliphatic carbocycles. The SMILES string of the molecule is CCc1ncnc(-c2cc(F)c(C(=O)N3CCn4c(C)cnc4C3)c(F)c2)c1C#Cc1ccc(N)nc1. The monoisotopic (exact) mass is 499 g/mol. The summed E-state index contributed by atoms with van der Waals surface area (Å²) in [5.41, 5.74) is 8.12. The molecule has 10 heteroatoms. The van der Waals surface area contributed by atoms with Crippen molar-refractivity contribution in [3.63, 3.8) is 0 Å². The van der Waals surface area contributed by atoms with E-state index in [9.17, 15) is 4.79 Å². The van der Waals surface area contributed by atoms with Gasteiger partial charge in [0, 0.05) is 42.3 Å². The van der Waals surface area contributed by atoms with Gasteiger partial charge in [0.05, 0.1) is 23.5 Å². The predicted octanol–water partition coefficient (Wildman–Crippen LogP) is 3.52. The molecule has 0 spiro atoms. The van der Waals surface area contributed by atoms with Gasteiger partial charge in [0.15, 0.2) is 0 Å². The van der Waals surface area contributed by atoms with Crippen molar-refractivity contribution in [2.75, 3.05) is 12.3 Å². The van der Waals surface area contributed by atoms with Crippen LogP contribution < -0.4 is 5.73 Å². The third-order valence-electron chi connectivity index (χ3n) is 6.26. The maximum atomic E-state index is 15.3. The van der Waals surface area contributed by atoms with Crippen LogP contribution in [-0.2, 0) is 19.5 Å². The number of carbonyl (C=O) groups excluding carboxylic acids is 1. The quantitative estimate of drug-likeness (QED) is 0.433. The van der Waals surface area contributed by atoms with Gasteiger partial charge in [-0.2, -0.15) is 0 Å². The number of rotatable bonds is 3. The second kappa shape index (κ2) is 9.78. The van der Waals surface area contributed by atoms with Crippen molar-refractivity contribution in [1.29, 1.82) is 0 Å². The highest BCUT2D eigenvalue weighted by Gasteiger charge is 2.28. The van der Waals surface area contributed by atoms with Crippen molar-refractivity contribution in [1.82, 2.24) is 29.4 Å². The van der Waals surface area contributed by atoms with Gasteiger partial charge in [-0.1, -0.05) is 18.8 Å². The van der Waals surface area contributed by atoms with Gasteiger partial charge in [0.25, 0.3) is 5.91 Å². The number of carbonyl (C=O) groups is 1. The molecule has 0 atom stereocenters. The minimum Gasteiger partial charge on any atom is -0.384 e. The normalized spacial score (nSPS) is 12.6. The zero-order valence-corrected chi connectivity index (χ0v) is 20.3. The van der Waals surface area contributed by atoms with Gasteiger partial charge in [-0.3, -0.25) is 4.79 Å². The molecule has 1 aliphatic heterocycles. The molecule has 1 aliphatic rings. The third-order valence-corrected chi connectivity index (χ3v) is 6.26. The predicted molar refractivity (Wildman–Crippen MR) is 133 cm³/mol. The Balaban J connectivity index is 1.50. The van der Waals surface area contributed by atoms with Crippen LogP contribution in [-0.4, -0.2) is 41.9 Å². The van der Waals surface area contributed by atoms with Crippen LogP contribution in [0.15, 0.2) is 43.0 Å². The molecule has 3 aromatic heterocycles. The standard InChI is InChI=1S/C27H23F2N7O/c1-3-22-19(6-4-17-5-7-23(30)31-13-17)26(34-15-33-22)18-10-20(28)25(21(29)11-18)27(37)35-8-9-36-16(2)12-32-24(36)14-35/h5,7,10-13,15H,3,8-9,14H2,1-2H3,(H2,30,31). The first-order valence-corrected chi connectivity index (χ1v) is 11.7. The van der Waals surface area contributed by atoms with Gasteiger partial charge in [0.2, 0.25) is 0 Å². The fourth-order valence-electron chi connectivity index (χ4n) is 4.31. The summed E-state index contributed by atoms with van der Waals surface area (Å²) in [6.07, 6.45) is 5.11. The summed E-state index contributed by atoms with van der Waals surface area (Å²) < 4.78 is 32.6. The number of hydrogen-bond donors (Lipinski definition) is 1. The molecule has 37 heavy (non-hydrogen) atoms. The zero-order valence-electron chi connectivity index (χ0n) is 20.3. The number of anilines is 1. The van der Waals surface area contributed by atoms with Crippen molar-refractivity contribution >= 4 is 11.7 Å². The molecule has 186 valence electrons. The molecular formula is C27H23F2N7O. The van der Waals surface area contributed by atoms with Gasteiger partial charge in [-0.05, 0) is 37.6 Å². The molecule has 0 fully saturated rings. The van der Waals surface area contributed by atoms with Crippen LogP contribution in [0.1, 0.15) is 45.6 Å². The number of aryl methyl sites for hydroxylation is 2. The van der Waals surface area contributed by atoms with Crippen molar-refractivity contribution < 1.29 is 13.6 Å². The van der Waals surface area contributed by atoms with E-state index in [1.165, 1.54) is 17.4 Å². The molecule has 4 aromatic rings. The van der Waals surface area contributed by atoms with E-state index in [0.29, 0.717) is 48.0 Å². The highest BCUT2D eigenvalue weighted by atomic mass is 19.1. The molecule has 1 amide bonds. The van der Waals surface area contributed by atoms with Crippen molar-refractivity contribution in [3.8, 4) is 23.1 Å². The lowest BCUT2D eigenvalue weighted by atomic mass is 10.0. The Labute approximate surface area is 212 Å². The van der Waals surface area contributed by atoms with Crippen LogP contribution in [0, 0.1) is 30.4 Å². The number of fused-ring (bicyclic) bond motifs is 1. The van der Waals surface area contributed by atoms with E-state index in [-0.39, 0.29) is 17.8 Å². The van der Waals surface area contributed by atoms with Crippen LogP contribution in [0.25, 0.3) is 11.3 Å². The molecule has 5 rings (SSSR count). The molecule has 0 radical (unpaired) electrons. The van der Waals surface area contributed by atoms with Crippen LogP contribution in [0.2, 0.25) is 0 Å². The van der Waals surface area contributed by atoms with E-state index in [1.54, 1.807) is 18.3 Å². The number of hydrogen-bond acceptors (Lipinski definition) is 6. The average molecular weight is 500 g/mol. The van der Waals surface area contributed by atoms with E-state index in [1.807, 2.05) is 18.4 Å². The number of imidazole rings is 1. The number of amides is 1. The molecule has 0 bridgehead atoms. The van der Waals surface area contributed by atoms with Crippen LogP contribution in [0.3, 0.4) is 0 Å². The molecule has 0 saturated carbocycles. The highest BCUT2D eigenvalue weighted by molar-refractivity contribution is 5.95. The Hall–Kier alpha value is -4.65. The summed E-state index contributed by atoms with van der Waals surface area (Å²) in [5.74, 6) is 4.39. The summed E-state index contributed by atoms with van der Waals surface area (Å²) in [4.78, 5) is 31.4. The molecule has 1 aromatic carbocycles. The average Bonchev–Trinajstić information content (AvgIpc) is 3.27. The summed E-state index contributed by atoms with van der Waals surface area (Å²) in [6, 6.07) is 5.58. The highest BCUT2D eigenvalue weighted by Crippen LogP contribution is 2.28. The molecular weight excluding hydrogens is 476 g/mol. The molecule has 8 nitrogen and oxygen atoms in total. The molecule has 0 unspecified atom stereocenters. The maximum Gasteiger partial charge on any atom is 0.260 e. The lowest BCUT2D eigenvalue weighted by Crippen LogP contribution is -2.39. The number of halogens is 2. The number of aromatic nitrogens is 5. The summed E-state index contributed by atoms with van der Waals surface area (Å²) in [6.45, 7) is 4.85. The van der Waals surface area contributed by atoms with Crippen LogP contribution >= 0.6 is 0 Å². The van der Waals surface area contributed by atoms with E-state index in [4.69, 9.17) is 5.73 Å². The Kier molecular flexibility index (Phi) is 6.36. The third kappa shape index (κ3) is 4.63. The van der Waals surface area contributed by atoms with Crippen LogP contribution in [0.4, 0.5) is 14.6 Å². The van der Waals surface area contributed by atoms with Crippen molar-refractivity contribution in [3.05, 3.63) is 88.5 Å². The first-order chi connectivity index (χ1) is 17.9. The molecule has 0 saturated heterocycles. The number of nitrogens with zero attached hydrogens (tertiary/aromatic N) is 6. The lowest BCUT2D eigenvalue weighted by Gasteiger charge is -2.28. The van der Waals surface area contributed by atoms with E-state index in [0.717, 1.165) is 17.8 Å². The molecule has 4 heterocycles. The topological polar surface area (TPSA) is 103 Å². The first kappa shape index (κ1) is 24.1. The smallest absolute Gasteiger partial charge is 0.260 e. The Morgan fingerprint density at radius 1 is 1.05 bits per heavy atom.